The van der Waals surface area contributed by atoms with Gasteiger partial charge in [-0.3, -0.25) is 4.79 Å². The lowest BCUT2D eigenvalue weighted by Crippen LogP contribution is -2.42. The molecule has 2 rings (SSSR count). The third-order valence-electron chi connectivity index (χ3n) is 3.00. The molecule has 2 heterocycles. The maximum absolute atomic E-state index is 11.5. The van der Waals surface area contributed by atoms with E-state index in [1.165, 1.54) is 19.4 Å². The fourth-order valence-corrected chi connectivity index (χ4v) is 1.93. The number of ether oxygens (including phenoxy) is 1. The highest BCUT2D eigenvalue weighted by Crippen LogP contribution is 2.22. The number of piperidine rings is 1. The van der Waals surface area contributed by atoms with E-state index in [-0.39, 0.29) is 23.2 Å². The summed E-state index contributed by atoms with van der Waals surface area (Å²) < 4.78 is 4.64. The lowest BCUT2D eigenvalue weighted by atomic mass is 10.1. The van der Waals surface area contributed by atoms with E-state index in [4.69, 9.17) is 5.73 Å². The van der Waals surface area contributed by atoms with Gasteiger partial charge >= 0.3 is 5.97 Å². The quantitative estimate of drug-likeness (QED) is 0.670. The number of nitrogens with zero attached hydrogens (tertiary/aromatic N) is 1. The molecule has 1 aromatic heterocycles. The largest absolute Gasteiger partial charge is 0.465 e. The topological polar surface area (TPSA) is 106 Å². The fraction of sp³-hybridized carbons (Fsp3) is 0.417. The summed E-state index contributed by atoms with van der Waals surface area (Å²) in [5.41, 5.74) is 6.42. The molecule has 0 radical (unpaired) electrons. The molecule has 1 aromatic rings. The number of rotatable bonds is 3. The van der Waals surface area contributed by atoms with Crippen LogP contribution in [0.2, 0.25) is 0 Å². The second kappa shape index (κ2) is 5.55. The minimum absolute atomic E-state index is 0.0438. The number of carbonyl (C=O) groups is 2. The summed E-state index contributed by atoms with van der Waals surface area (Å²) in [7, 11) is 1.30. The van der Waals surface area contributed by atoms with Crippen LogP contribution in [0, 0.1) is 0 Å². The van der Waals surface area contributed by atoms with Crippen LogP contribution in [0.1, 0.15) is 23.2 Å². The number of carbonyl (C=O) groups excluding carboxylic acids is 2. The molecule has 1 fully saturated rings. The molecule has 0 aliphatic carbocycles. The molecule has 1 amide bonds. The highest BCUT2D eigenvalue weighted by molar-refractivity contribution is 5.97. The van der Waals surface area contributed by atoms with E-state index in [2.05, 4.69) is 20.4 Å². The van der Waals surface area contributed by atoms with Crippen molar-refractivity contribution in [1.82, 2.24) is 10.3 Å². The lowest BCUT2D eigenvalue weighted by molar-refractivity contribution is -0.122. The standard InChI is InChI=1S/C12H16N4O3/c1-19-12(18)8-4-5-14-11(10(8)13)16-7-2-3-9(17)15-6-7/h4-5,7H,2-3,6,13H2,1H3,(H,14,16)(H,15,17). The van der Waals surface area contributed by atoms with Gasteiger partial charge in [0.2, 0.25) is 5.91 Å². The number of amides is 1. The molecule has 0 saturated carbocycles. The van der Waals surface area contributed by atoms with Crippen LogP contribution in [-0.4, -0.2) is 36.6 Å². The van der Waals surface area contributed by atoms with Gasteiger partial charge in [-0.25, -0.2) is 9.78 Å². The van der Waals surface area contributed by atoms with Gasteiger partial charge in [0.05, 0.1) is 18.4 Å². The van der Waals surface area contributed by atoms with Crippen LogP contribution in [0.3, 0.4) is 0 Å². The molecule has 0 bridgehead atoms. The van der Waals surface area contributed by atoms with Crippen molar-refractivity contribution in [1.29, 1.82) is 0 Å². The number of anilines is 2. The molecule has 1 aliphatic rings. The summed E-state index contributed by atoms with van der Waals surface area (Å²) in [6, 6.07) is 1.56. The number of hydrogen-bond acceptors (Lipinski definition) is 6. The Labute approximate surface area is 110 Å². The fourth-order valence-electron chi connectivity index (χ4n) is 1.93. The average Bonchev–Trinajstić information content (AvgIpc) is 2.43. The Morgan fingerprint density at radius 2 is 2.42 bits per heavy atom. The number of nitrogens with one attached hydrogen (secondary N) is 2. The second-order valence-corrected chi connectivity index (χ2v) is 4.30. The normalized spacial score (nSPS) is 18.6. The monoisotopic (exact) mass is 264 g/mol. The van der Waals surface area contributed by atoms with Crippen molar-refractivity contribution < 1.29 is 14.3 Å². The summed E-state index contributed by atoms with van der Waals surface area (Å²) >= 11 is 0. The van der Waals surface area contributed by atoms with Gasteiger partial charge in [-0.05, 0) is 12.5 Å². The highest BCUT2D eigenvalue weighted by atomic mass is 16.5. The molecule has 0 aromatic carbocycles. The first-order valence-corrected chi connectivity index (χ1v) is 5.98. The smallest absolute Gasteiger partial charge is 0.340 e. The third-order valence-corrected chi connectivity index (χ3v) is 3.00. The van der Waals surface area contributed by atoms with Gasteiger partial charge in [0, 0.05) is 25.2 Å². The van der Waals surface area contributed by atoms with Gasteiger partial charge in [0.1, 0.15) is 5.82 Å². The summed E-state index contributed by atoms with van der Waals surface area (Å²) in [4.78, 5) is 26.7. The first-order valence-electron chi connectivity index (χ1n) is 5.98. The predicted octanol–water partition coefficient (Wildman–Crippen LogP) is 0.141. The van der Waals surface area contributed by atoms with Gasteiger partial charge in [-0.2, -0.15) is 0 Å². The summed E-state index contributed by atoms with van der Waals surface area (Å²) in [6.07, 6.45) is 2.66. The first kappa shape index (κ1) is 13.1. The average molecular weight is 264 g/mol. The second-order valence-electron chi connectivity index (χ2n) is 4.30. The molecule has 19 heavy (non-hydrogen) atoms. The van der Waals surface area contributed by atoms with Gasteiger partial charge in [-0.1, -0.05) is 0 Å². The van der Waals surface area contributed by atoms with Crippen molar-refractivity contribution in [3.8, 4) is 0 Å². The molecule has 1 unspecified atom stereocenters. The maximum atomic E-state index is 11.5. The van der Waals surface area contributed by atoms with Crippen molar-refractivity contribution in [3.63, 3.8) is 0 Å². The van der Waals surface area contributed by atoms with E-state index in [1.54, 1.807) is 0 Å². The zero-order valence-electron chi connectivity index (χ0n) is 10.6. The van der Waals surface area contributed by atoms with Gasteiger partial charge in [0.25, 0.3) is 0 Å². The highest BCUT2D eigenvalue weighted by Gasteiger charge is 2.20. The predicted molar refractivity (Wildman–Crippen MR) is 69.6 cm³/mol. The molecule has 7 heteroatoms. The zero-order chi connectivity index (χ0) is 13.8. The van der Waals surface area contributed by atoms with E-state index in [0.29, 0.717) is 25.2 Å². The molecule has 102 valence electrons. The number of pyridine rings is 1. The first-order chi connectivity index (χ1) is 9.11. The van der Waals surface area contributed by atoms with Crippen molar-refractivity contribution in [2.24, 2.45) is 0 Å². The Kier molecular flexibility index (Phi) is 3.84. The van der Waals surface area contributed by atoms with E-state index in [1.807, 2.05) is 0 Å². The van der Waals surface area contributed by atoms with E-state index >= 15 is 0 Å². The Balaban J connectivity index is 2.12. The van der Waals surface area contributed by atoms with Crippen molar-refractivity contribution in [2.45, 2.75) is 18.9 Å². The van der Waals surface area contributed by atoms with Crippen LogP contribution >= 0.6 is 0 Å². The SMILES string of the molecule is COC(=O)c1ccnc(NC2CCC(=O)NC2)c1N. The molecule has 4 N–H and O–H groups in total. The van der Waals surface area contributed by atoms with Crippen molar-refractivity contribution >= 4 is 23.4 Å². The number of nitrogen functional groups attached to an aromatic ring is 1. The maximum Gasteiger partial charge on any atom is 0.340 e. The summed E-state index contributed by atoms with van der Waals surface area (Å²) in [5, 5.41) is 5.89. The van der Waals surface area contributed by atoms with E-state index in [9.17, 15) is 9.59 Å². The molecule has 1 saturated heterocycles. The minimum Gasteiger partial charge on any atom is -0.465 e. The van der Waals surface area contributed by atoms with Crippen molar-refractivity contribution in [2.75, 3.05) is 24.7 Å². The van der Waals surface area contributed by atoms with Crippen LogP contribution in [0.25, 0.3) is 0 Å². The van der Waals surface area contributed by atoms with Crippen LogP contribution in [0.5, 0.6) is 0 Å². The van der Waals surface area contributed by atoms with Gasteiger partial charge < -0.3 is 21.1 Å². The van der Waals surface area contributed by atoms with Crippen LogP contribution < -0.4 is 16.4 Å². The summed E-state index contributed by atoms with van der Waals surface area (Å²) in [6.45, 7) is 0.516. The lowest BCUT2D eigenvalue weighted by Gasteiger charge is -2.24. The molecule has 0 spiro atoms. The third kappa shape index (κ3) is 2.93. The Morgan fingerprint density at radius 3 is 3.05 bits per heavy atom. The number of methoxy groups -OCH3 is 1. The number of aromatic nitrogens is 1. The number of nitrogens with two attached hydrogens (primary N) is 1. The zero-order valence-corrected chi connectivity index (χ0v) is 10.6. The van der Waals surface area contributed by atoms with Gasteiger partial charge in [0.15, 0.2) is 0 Å². The Hall–Kier alpha value is -2.31. The van der Waals surface area contributed by atoms with Crippen LogP contribution in [0.15, 0.2) is 12.3 Å². The van der Waals surface area contributed by atoms with Crippen molar-refractivity contribution in [3.05, 3.63) is 17.8 Å². The summed E-state index contributed by atoms with van der Waals surface area (Å²) in [5.74, 6) is -0.0220. The van der Waals surface area contributed by atoms with E-state index < -0.39 is 5.97 Å². The van der Waals surface area contributed by atoms with Crippen LogP contribution in [-0.2, 0) is 9.53 Å². The van der Waals surface area contributed by atoms with Crippen LogP contribution in [0.4, 0.5) is 11.5 Å². The minimum atomic E-state index is -0.500. The molecule has 7 nitrogen and oxygen atoms in total. The number of esters is 1. The Bertz CT molecular complexity index is 494. The molecular weight excluding hydrogens is 248 g/mol. The molecule has 1 atom stereocenters. The molecule has 1 aliphatic heterocycles. The van der Waals surface area contributed by atoms with Gasteiger partial charge in [-0.15, -0.1) is 0 Å². The van der Waals surface area contributed by atoms with E-state index in [0.717, 1.165) is 0 Å². The molecular formula is C12H16N4O3. The number of hydrogen-bond donors (Lipinski definition) is 3. The Morgan fingerprint density at radius 1 is 1.63 bits per heavy atom.